The van der Waals surface area contributed by atoms with E-state index in [1.165, 1.54) is 11.3 Å². The van der Waals surface area contributed by atoms with Crippen LogP contribution in [-0.2, 0) is 4.79 Å². The summed E-state index contributed by atoms with van der Waals surface area (Å²) in [4.78, 5) is 21.2. The van der Waals surface area contributed by atoms with E-state index in [-0.39, 0.29) is 5.91 Å². The number of benzene rings is 2. The van der Waals surface area contributed by atoms with Gasteiger partial charge < -0.3 is 20.1 Å². The maximum atomic E-state index is 12.0. The number of thiophene rings is 1. The number of hydrogen-bond acceptors (Lipinski definition) is 7. The zero-order chi connectivity index (χ0) is 22.5. The van der Waals surface area contributed by atoms with Crippen molar-refractivity contribution >= 4 is 44.8 Å². The first-order chi connectivity index (χ1) is 15.5. The van der Waals surface area contributed by atoms with Gasteiger partial charge >= 0.3 is 0 Å². The number of carbonyl (C=O) groups is 1. The summed E-state index contributed by atoms with van der Waals surface area (Å²) in [5, 5.41) is 7.98. The Balaban J connectivity index is 1.60. The number of carbonyl (C=O) groups excluding carboxylic acids is 1. The molecule has 0 unspecified atom stereocenters. The highest BCUT2D eigenvalue weighted by molar-refractivity contribution is 7.17. The second-order valence-electron chi connectivity index (χ2n) is 7.19. The van der Waals surface area contributed by atoms with Crippen LogP contribution in [0.3, 0.4) is 0 Å². The molecule has 0 aliphatic carbocycles. The Morgan fingerprint density at radius 3 is 2.53 bits per heavy atom. The maximum Gasteiger partial charge on any atom is 0.248 e. The number of amides is 1. The van der Waals surface area contributed by atoms with Gasteiger partial charge in [0.25, 0.3) is 0 Å². The van der Waals surface area contributed by atoms with E-state index in [2.05, 4.69) is 20.6 Å². The van der Waals surface area contributed by atoms with Gasteiger partial charge in [0.2, 0.25) is 17.7 Å². The highest BCUT2D eigenvalue weighted by Crippen LogP contribution is 2.34. The van der Waals surface area contributed by atoms with Gasteiger partial charge in [-0.3, -0.25) is 4.79 Å². The Bertz CT molecular complexity index is 1300. The van der Waals surface area contributed by atoms with Gasteiger partial charge in [0.05, 0.1) is 12.6 Å². The third kappa shape index (κ3) is 5.22. The number of ether oxygens (including phenoxy) is 2. The first kappa shape index (κ1) is 21.3. The fraction of sp³-hybridized carbons (Fsp3) is 0.125. The van der Waals surface area contributed by atoms with Gasteiger partial charge in [-0.2, -0.15) is 4.98 Å². The quantitative estimate of drug-likeness (QED) is 0.332. The van der Waals surface area contributed by atoms with Gasteiger partial charge in [-0.25, -0.2) is 4.98 Å². The van der Waals surface area contributed by atoms with Crippen LogP contribution in [0, 0.1) is 0 Å². The fourth-order valence-corrected chi connectivity index (χ4v) is 3.74. The molecule has 0 atom stereocenters. The van der Waals surface area contributed by atoms with Crippen LogP contribution < -0.4 is 20.1 Å². The average molecular weight is 447 g/mol. The van der Waals surface area contributed by atoms with E-state index in [9.17, 15) is 4.79 Å². The summed E-state index contributed by atoms with van der Waals surface area (Å²) in [5.41, 5.74) is 3.13. The maximum absolute atomic E-state index is 12.0. The topological polar surface area (TPSA) is 85.4 Å². The molecule has 162 valence electrons. The van der Waals surface area contributed by atoms with Crippen LogP contribution >= 0.6 is 11.3 Å². The van der Waals surface area contributed by atoms with Crippen LogP contribution in [0.2, 0.25) is 0 Å². The Kier molecular flexibility index (Phi) is 6.32. The minimum Gasteiger partial charge on any atom is -0.497 e. The lowest BCUT2D eigenvalue weighted by Crippen LogP contribution is -2.08. The van der Waals surface area contributed by atoms with Crippen LogP contribution in [0.5, 0.6) is 17.4 Å². The molecule has 0 saturated heterocycles. The predicted molar refractivity (Wildman–Crippen MR) is 128 cm³/mol. The van der Waals surface area contributed by atoms with E-state index >= 15 is 0 Å². The number of methoxy groups -OCH3 is 1. The van der Waals surface area contributed by atoms with Crippen LogP contribution in [0.15, 0.2) is 71.6 Å². The Labute approximate surface area is 189 Å². The molecule has 2 aromatic carbocycles. The summed E-state index contributed by atoms with van der Waals surface area (Å²) in [6, 6.07) is 16.6. The van der Waals surface area contributed by atoms with Crippen LogP contribution in [0.4, 0.5) is 17.3 Å². The summed E-state index contributed by atoms with van der Waals surface area (Å²) in [6.07, 6.45) is 1.55. The van der Waals surface area contributed by atoms with Crippen molar-refractivity contribution in [3.63, 3.8) is 0 Å². The minimum absolute atomic E-state index is 0.186. The van der Waals surface area contributed by atoms with E-state index in [4.69, 9.17) is 9.47 Å². The highest BCUT2D eigenvalue weighted by Gasteiger charge is 2.12. The summed E-state index contributed by atoms with van der Waals surface area (Å²) in [6.45, 7) is 3.75. The standard InChI is InChI=1S/C24H22N4O3S/c1-15(2)12-21(29)25-16-6-5-9-19(14-16)31-23-22-20(10-11-32-22)27-24(28-23)26-17-7-4-8-18(13-17)30-3/h4-14H,1-3H3,(H,25,29)(H,26,27,28). The molecule has 0 fully saturated rings. The summed E-state index contributed by atoms with van der Waals surface area (Å²) >= 11 is 1.50. The van der Waals surface area contributed by atoms with Crippen molar-refractivity contribution in [1.29, 1.82) is 0 Å². The number of hydrogen-bond donors (Lipinski definition) is 2. The number of anilines is 3. The molecule has 8 heteroatoms. The number of allylic oxidation sites excluding steroid dienone is 1. The van der Waals surface area contributed by atoms with Crippen molar-refractivity contribution in [2.45, 2.75) is 13.8 Å². The second kappa shape index (κ2) is 9.49. The van der Waals surface area contributed by atoms with E-state index in [1.807, 2.05) is 61.7 Å². The number of fused-ring (bicyclic) bond motifs is 1. The first-order valence-corrected chi connectivity index (χ1v) is 10.8. The molecule has 0 bridgehead atoms. The van der Waals surface area contributed by atoms with E-state index in [0.29, 0.717) is 23.3 Å². The molecule has 4 aromatic rings. The van der Waals surface area contributed by atoms with Gasteiger partial charge in [0, 0.05) is 29.6 Å². The first-order valence-electron chi connectivity index (χ1n) is 9.90. The molecule has 0 aliphatic rings. The summed E-state index contributed by atoms with van der Waals surface area (Å²) in [5.74, 6) is 1.95. The predicted octanol–water partition coefficient (Wildman–Crippen LogP) is 6.14. The van der Waals surface area contributed by atoms with E-state index in [1.54, 1.807) is 25.3 Å². The largest absolute Gasteiger partial charge is 0.497 e. The number of rotatable bonds is 7. The summed E-state index contributed by atoms with van der Waals surface area (Å²) in [7, 11) is 1.62. The fourth-order valence-electron chi connectivity index (χ4n) is 2.98. The number of nitrogens with one attached hydrogen (secondary N) is 2. The smallest absolute Gasteiger partial charge is 0.248 e. The van der Waals surface area contributed by atoms with Gasteiger partial charge in [-0.05, 0) is 49.6 Å². The van der Waals surface area contributed by atoms with Gasteiger partial charge in [-0.1, -0.05) is 17.7 Å². The van der Waals surface area contributed by atoms with Crippen molar-refractivity contribution in [3.8, 4) is 17.4 Å². The van der Waals surface area contributed by atoms with Crippen molar-refractivity contribution in [3.05, 3.63) is 71.6 Å². The van der Waals surface area contributed by atoms with Crippen LogP contribution in [0.1, 0.15) is 13.8 Å². The Morgan fingerprint density at radius 1 is 1.00 bits per heavy atom. The van der Waals surface area contributed by atoms with Crippen molar-refractivity contribution in [2.24, 2.45) is 0 Å². The lowest BCUT2D eigenvalue weighted by Gasteiger charge is -2.11. The van der Waals surface area contributed by atoms with Gasteiger partial charge in [0.15, 0.2) is 0 Å². The molecule has 7 nitrogen and oxygen atoms in total. The lowest BCUT2D eigenvalue weighted by molar-refractivity contribution is -0.111. The third-order valence-corrected chi connectivity index (χ3v) is 5.23. The molecule has 0 saturated carbocycles. The zero-order valence-electron chi connectivity index (χ0n) is 17.9. The average Bonchev–Trinajstić information content (AvgIpc) is 3.22. The third-order valence-electron chi connectivity index (χ3n) is 4.33. The molecule has 2 N–H and O–H groups in total. The molecule has 0 aliphatic heterocycles. The molecule has 2 heterocycles. The van der Waals surface area contributed by atoms with Crippen LogP contribution in [0.25, 0.3) is 10.2 Å². The Morgan fingerprint density at radius 2 is 1.75 bits per heavy atom. The summed E-state index contributed by atoms with van der Waals surface area (Å²) < 4.78 is 12.2. The highest BCUT2D eigenvalue weighted by atomic mass is 32.1. The van der Waals surface area contributed by atoms with E-state index in [0.717, 1.165) is 27.2 Å². The Hall–Kier alpha value is -3.91. The molecule has 32 heavy (non-hydrogen) atoms. The SMILES string of the molecule is COc1cccc(Nc2nc(Oc3cccc(NC(=O)C=C(C)C)c3)c3sccc3n2)c1. The van der Waals surface area contributed by atoms with E-state index < -0.39 is 0 Å². The molecular weight excluding hydrogens is 424 g/mol. The molecule has 2 aromatic heterocycles. The monoisotopic (exact) mass is 446 g/mol. The van der Waals surface area contributed by atoms with Gasteiger partial charge in [-0.15, -0.1) is 11.3 Å². The molecule has 0 radical (unpaired) electrons. The molecule has 0 spiro atoms. The lowest BCUT2D eigenvalue weighted by atomic mass is 10.2. The normalized spacial score (nSPS) is 10.5. The molecule has 4 rings (SSSR count). The van der Waals surface area contributed by atoms with Crippen LogP contribution in [-0.4, -0.2) is 23.0 Å². The van der Waals surface area contributed by atoms with Gasteiger partial charge in [0.1, 0.15) is 16.2 Å². The second-order valence-corrected chi connectivity index (χ2v) is 8.10. The zero-order valence-corrected chi connectivity index (χ0v) is 18.7. The molecule has 1 amide bonds. The minimum atomic E-state index is -0.186. The molecular formula is C24H22N4O3S. The number of nitrogens with zero attached hydrogens (tertiary/aromatic N) is 2. The van der Waals surface area contributed by atoms with Crippen molar-refractivity contribution in [2.75, 3.05) is 17.7 Å². The van der Waals surface area contributed by atoms with Crippen molar-refractivity contribution in [1.82, 2.24) is 9.97 Å². The number of aromatic nitrogens is 2. The van der Waals surface area contributed by atoms with Crippen molar-refractivity contribution < 1.29 is 14.3 Å².